The number of hydrogen-bond acceptors (Lipinski definition) is 4. The molecule has 1 aromatic carbocycles. The summed E-state index contributed by atoms with van der Waals surface area (Å²) < 4.78 is 11.1. The second-order valence-corrected chi connectivity index (χ2v) is 6.18. The van der Waals surface area contributed by atoms with Crippen LogP contribution < -0.4 is 9.47 Å². The molecule has 4 nitrogen and oxygen atoms in total. The molecule has 1 N–H and O–H groups in total. The molecule has 0 fully saturated rings. The van der Waals surface area contributed by atoms with Gasteiger partial charge in [0.25, 0.3) is 0 Å². The summed E-state index contributed by atoms with van der Waals surface area (Å²) in [6, 6.07) is 5.31. The van der Waals surface area contributed by atoms with E-state index in [0.29, 0.717) is 30.3 Å². The van der Waals surface area contributed by atoms with Crippen molar-refractivity contribution in [3.05, 3.63) is 23.8 Å². The maximum atomic E-state index is 11.4. The molecule has 4 heteroatoms. The van der Waals surface area contributed by atoms with Gasteiger partial charge < -0.3 is 14.6 Å². The zero-order valence-electron chi connectivity index (χ0n) is 15.2. The van der Waals surface area contributed by atoms with Gasteiger partial charge in [0.15, 0.2) is 17.3 Å². The van der Waals surface area contributed by atoms with Crippen LogP contribution in [0, 0.1) is 0 Å². The van der Waals surface area contributed by atoms with Crippen molar-refractivity contribution in [2.75, 3.05) is 20.3 Å². The number of Topliss-reactive ketones (excluding diaryl/α,β-unsaturated/α-hetero) is 1. The van der Waals surface area contributed by atoms with Crippen LogP contribution in [0.2, 0.25) is 0 Å². The summed E-state index contributed by atoms with van der Waals surface area (Å²) >= 11 is 0. The van der Waals surface area contributed by atoms with E-state index in [2.05, 4.69) is 0 Å². The zero-order chi connectivity index (χ0) is 17.6. The number of aliphatic hydroxyl groups excluding tert-OH is 1. The first-order chi connectivity index (χ1) is 11.7. The highest BCUT2D eigenvalue weighted by molar-refractivity contribution is 5.94. The van der Waals surface area contributed by atoms with Crippen LogP contribution in [0.3, 0.4) is 0 Å². The normalized spacial score (nSPS) is 10.6. The van der Waals surface area contributed by atoms with Gasteiger partial charge in [0.1, 0.15) is 0 Å². The number of carbonyl (C=O) groups excluding carboxylic acids is 1. The van der Waals surface area contributed by atoms with Crippen LogP contribution in [0.15, 0.2) is 18.2 Å². The van der Waals surface area contributed by atoms with Crippen molar-refractivity contribution in [1.82, 2.24) is 0 Å². The lowest BCUT2D eigenvalue weighted by molar-refractivity contribution is 0.101. The van der Waals surface area contributed by atoms with Gasteiger partial charge >= 0.3 is 0 Å². The van der Waals surface area contributed by atoms with E-state index in [9.17, 15) is 4.79 Å². The summed E-state index contributed by atoms with van der Waals surface area (Å²) in [5.74, 6) is 1.34. The summed E-state index contributed by atoms with van der Waals surface area (Å²) in [4.78, 5) is 11.4. The van der Waals surface area contributed by atoms with Gasteiger partial charge in [-0.2, -0.15) is 0 Å². The molecular weight excluding hydrogens is 304 g/mol. The molecule has 0 spiro atoms. The lowest BCUT2D eigenvalue weighted by Crippen LogP contribution is -2.01. The van der Waals surface area contributed by atoms with E-state index in [-0.39, 0.29) is 5.78 Å². The molecule has 1 rings (SSSR count). The molecule has 0 saturated heterocycles. The van der Waals surface area contributed by atoms with Gasteiger partial charge in [-0.1, -0.05) is 44.9 Å². The van der Waals surface area contributed by atoms with Gasteiger partial charge in [0.05, 0.1) is 13.7 Å². The van der Waals surface area contributed by atoms with Crippen molar-refractivity contribution < 1.29 is 19.4 Å². The molecule has 24 heavy (non-hydrogen) atoms. The number of aliphatic hydroxyl groups is 1. The number of rotatable bonds is 14. The Balaban J connectivity index is 2.12. The molecule has 0 saturated carbocycles. The van der Waals surface area contributed by atoms with Gasteiger partial charge in [0, 0.05) is 12.2 Å². The topological polar surface area (TPSA) is 55.8 Å². The number of ketones is 1. The fourth-order valence-corrected chi connectivity index (χ4v) is 2.64. The number of benzene rings is 1. The third kappa shape index (κ3) is 8.34. The molecule has 0 bridgehead atoms. The van der Waals surface area contributed by atoms with E-state index in [4.69, 9.17) is 14.6 Å². The number of unbranched alkanes of at least 4 members (excludes halogenated alkanes) is 8. The lowest BCUT2D eigenvalue weighted by atomic mass is 10.1. The van der Waals surface area contributed by atoms with Crippen LogP contribution in [-0.4, -0.2) is 31.2 Å². The Morgan fingerprint density at radius 1 is 0.917 bits per heavy atom. The summed E-state index contributed by atoms with van der Waals surface area (Å²) in [5, 5.41) is 8.71. The van der Waals surface area contributed by atoms with Gasteiger partial charge in [-0.15, -0.1) is 0 Å². The number of ether oxygens (including phenoxy) is 2. The van der Waals surface area contributed by atoms with Crippen molar-refractivity contribution in [2.24, 2.45) is 0 Å². The van der Waals surface area contributed by atoms with Crippen LogP contribution >= 0.6 is 0 Å². The van der Waals surface area contributed by atoms with Crippen LogP contribution in [-0.2, 0) is 0 Å². The summed E-state index contributed by atoms with van der Waals surface area (Å²) in [6.07, 6.45) is 10.6. The minimum atomic E-state index is 0.0243. The third-order valence-corrected chi connectivity index (χ3v) is 4.13. The smallest absolute Gasteiger partial charge is 0.161 e. The number of methoxy groups -OCH3 is 1. The van der Waals surface area contributed by atoms with E-state index in [0.717, 1.165) is 19.3 Å². The molecule has 0 amide bonds. The van der Waals surface area contributed by atoms with E-state index >= 15 is 0 Å². The van der Waals surface area contributed by atoms with Gasteiger partial charge in [-0.3, -0.25) is 4.79 Å². The Bertz CT molecular complexity index is 471. The summed E-state index contributed by atoms with van der Waals surface area (Å²) in [7, 11) is 1.59. The first kappa shape index (κ1) is 20.5. The first-order valence-corrected chi connectivity index (χ1v) is 9.11. The highest BCUT2D eigenvalue weighted by Gasteiger charge is 2.08. The Kier molecular flexibility index (Phi) is 10.9. The molecule has 0 heterocycles. The molecule has 0 aliphatic rings. The maximum Gasteiger partial charge on any atom is 0.161 e. The fourth-order valence-electron chi connectivity index (χ4n) is 2.64. The first-order valence-electron chi connectivity index (χ1n) is 9.11. The van der Waals surface area contributed by atoms with E-state index in [1.807, 2.05) is 6.07 Å². The van der Waals surface area contributed by atoms with Gasteiger partial charge in [-0.05, 0) is 38.0 Å². The average molecular weight is 336 g/mol. The van der Waals surface area contributed by atoms with Crippen molar-refractivity contribution in [3.63, 3.8) is 0 Å². The molecule has 0 atom stereocenters. The Morgan fingerprint density at radius 2 is 1.50 bits per heavy atom. The summed E-state index contributed by atoms with van der Waals surface area (Å²) in [6.45, 7) is 2.54. The molecule has 1 aromatic rings. The quantitative estimate of drug-likeness (QED) is 0.392. The second kappa shape index (κ2) is 12.8. The fraction of sp³-hybridized carbons (Fsp3) is 0.650. The second-order valence-electron chi connectivity index (χ2n) is 6.18. The van der Waals surface area contributed by atoms with Crippen molar-refractivity contribution in [1.29, 1.82) is 0 Å². The molecule has 0 aromatic heterocycles. The van der Waals surface area contributed by atoms with E-state index in [1.54, 1.807) is 26.2 Å². The molecule has 0 aliphatic carbocycles. The molecule has 0 radical (unpaired) electrons. The van der Waals surface area contributed by atoms with Crippen molar-refractivity contribution in [3.8, 4) is 11.5 Å². The standard InChI is InChI=1S/C20H32O4/c1-17(22)18-12-13-19(20(16-18)23-2)24-15-11-9-7-5-3-4-6-8-10-14-21/h12-13,16,21H,3-11,14-15H2,1-2H3. The van der Waals surface area contributed by atoms with Crippen LogP contribution in [0.25, 0.3) is 0 Å². The molecule has 136 valence electrons. The average Bonchev–Trinajstić information content (AvgIpc) is 2.59. The Morgan fingerprint density at radius 3 is 2.04 bits per heavy atom. The number of hydrogen-bond donors (Lipinski definition) is 1. The number of carbonyl (C=O) groups is 1. The van der Waals surface area contributed by atoms with Crippen LogP contribution in [0.5, 0.6) is 11.5 Å². The van der Waals surface area contributed by atoms with E-state index in [1.165, 1.54) is 38.5 Å². The Hall–Kier alpha value is -1.55. The summed E-state index contributed by atoms with van der Waals surface area (Å²) in [5.41, 5.74) is 0.637. The van der Waals surface area contributed by atoms with Crippen LogP contribution in [0.1, 0.15) is 75.1 Å². The lowest BCUT2D eigenvalue weighted by Gasteiger charge is -2.11. The molecule has 0 unspecified atom stereocenters. The minimum absolute atomic E-state index is 0.0243. The Labute approximate surface area is 146 Å². The predicted octanol–water partition coefficient (Wildman–Crippen LogP) is 4.78. The monoisotopic (exact) mass is 336 g/mol. The third-order valence-electron chi connectivity index (χ3n) is 4.13. The zero-order valence-corrected chi connectivity index (χ0v) is 15.2. The SMILES string of the molecule is COc1cc(C(C)=O)ccc1OCCCCCCCCCCCO. The molecular formula is C20H32O4. The van der Waals surface area contributed by atoms with Crippen LogP contribution in [0.4, 0.5) is 0 Å². The minimum Gasteiger partial charge on any atom is -0.493 e. The maximum absolute atomic E-state index is 11.4. The largest absolute Gasteiger partial charge is 0.493 e. The van der Waals surface area contributed by atoms with Gasteiger partial charge in [0.2, 0.25) is 0 Å². The highest BCUT2D eigenvalue weighted by Crippen LogP contribution is 2.28. The van der Waals surface area contributed by atoms with Crippen molar-refractivity contribution in [2.45, 2.75) is 64.7 Å². The molecule has 0 aliphatic heterocycles. The predicted molar refractivity (Wildman–Crippen MR) is 97.1 cm³/mol. The highest BCUT2D eigenvalue weighted by atomic mass is 16.5. The van der Waals surface area contributed by atoms with E-state index < -0.39 is 0 Å². The van der Waals surface area contributed by atoms with Crippen molar-refractivity contribution >= 4 is 5.78 Å². The van der Waals surface area contributed by atoms with Gasteiger partial charge in [-0.25, -0.2) is 0 Å².